The molecule has 90 valence electrons. The molecule has 0 aromatic heterocycles. The topological polar surface area (TPSA) is 0 Å². The summed E-state index contributed by atoms with van der Waals surface area (Å²) in [6.45, 7) is 23.2. The second kappa shape index (κ2) is 29.3. The summed E-state index contributed by atoms with van der Waals surface area (Å²) >= 11 is 0. The van der Waals surface area contributed by atoms with Crippen molar-refractivity contribution in [2.45, 2.75) is 68.2 Å². The maximum atomic E-state index is 3.00. The van der Waals surface area contributed by atoms with Crippen LogP contribution in [0.5, 0.6) is 0 Å². The van der Waals surface area contributed by atoms with Gasteiger partial charge in [-0.05, 0) is 11.8 Å². The second-order valence-electron chi connectivity index (χ2n) is 3.91. The zero-order chi connectivity index (χ0) is 12.6. The molecule has 0 radical (unpaired) electrons. The predicted octanol–water partition coefficient (Wildman–Crippen LogP) is 5.93. The third-order valence-electron chi connectivity index (χ3n) is 0.866. The van der Waals surface area contributed by atoms with Crippen LogP contribution in [0.15, 0.2) is 13.2 Å². The Morgan fingerprint density at radius 3 is 1.07 bits per heavy atom. The SMILES string of the molecule is C=C.CC.CC(C)C.CCCC(C)C. The minimum Gasteiger partial charge on any atom is -0.106 e. The Kier molecular flexibility index (Phi) is 49.2. The van der Waals surface area contributed by atoms with E-state index >= 15 is 0 Å². The highest BCUT2D eigenvalue weighted by Gasteiger charge is 1.85. The van der Waals surface area contributed by atoms with Gasteiger partial charge in [0.15, 0.2) is 0 Å². The van der Waals surface area contributed by atoms with Crippen molar-refractivity contribution < 1.29 is 0 Å². The average molecular weight is 202 g/mol. The van der Waals surface area contributed by atoms with Gasteiger partial charge in [0, 0.05) is 0 Å². The van der Waals surface area contributed by atoms with Crippen molar-refractivity contribution in [2.24, 2.45) is 11.8 Å². The van der Waals surface area contributed by atoms with Crippen molar-refractivity contribution in [3.05, 3.63) is 13.2 Å². The molecule has 0 aromatic rings. The molecule has 0 bridgehead atoms. The maximum absolute atomic E-state index is 3.00. The van der Waals surface area contributed by atoms with Crippen LogP contribution in [0.1, 0.15) is 68.2 Å². The lowest BCUT2D eigenvalue weighted by Crippen LogP contribution is -1.81. The first-order valence-corrected chi connectivity index (χ1v) is 6.00. The molecule has 0 aliphatic rings. The van der Waals surface area contributed by atoms with Gasteiger partial charge in [0.2, 0.25) is 0 Å². The highest BCUT2D eigenvalue weighted by molar-refractivity contribution is 4.38. The molecule has 0 rings (SSSR count). The fourth-order valence-electron chi connectivity index (χ4n) is 0.577. The second-order valence-corrected chi connectivity index (χ2v) is 3.91. The standard InChI is InChI=1S/C6H14.C4H10.C2H6.C2H4/c1-4-5-6(2)3;1-4(2)3;2*1-2/h6H,4-5H2,1-3H3;4H,1-3H3;1-2H3;1-2H2. The van der Waals surface area contributed by atoms with Crippen LogP contribution >= 0.6 is 0 Å². The van der Waals surface area contributed by atoms with E-state index < -0.39 is 0 Å². The van der Waals surface area contributed by atoms with Crippen LogP contribution in [-0.2, 0) is 0 Å². The molecule has 0 saturated carbocycles. The molecule has 14 heavy (non-hydrogen) atoms. The van der Waals surface area contributed by atoms with E-state index in [9.17, 15) is 0 Å². The first kappa shape index (κ1) is 23.5. The molecule has 0 atom stereocenters. The Hall–Kier alpha value is -0.260. The van der Waals surface area contributed by atoms with Crippen LogP contribution in [0.4, 0.5) is 0 Å². The third kappa shape index (κ3) is 180. The van der Waals surface area contributed by atoms with Crippen LogP contribution in [0.3, 0.4) is 0 Å². The lowest BCUT2D eigenvalue weighted by molar-refractivity contribution is 0.576. The molecule has 0 spiro atoms. The van der Waals surface area contributed by atoms with Crippen LogP contribution in [0, 0.1) is 11.8 Å². The Balaban J connectivity index is -0.0000000546. The zero-order valence-electron chi connectivity index (χ0n) is 12.0. The molecule has 0 aromatic carbocycles. The van der Waals surface area contributed by atoms with E-state index in [1.165, 1.54) is 12.8 Å². The summed E-state index contributed by atoms with van der Waals surface area (Å²) in [4.78, 5) is 0. The maximum Gasteiger partial charge on any atom is -0.0471 e. The molecular formula is C14H34. The van der Waals surface area contributed by atoms with Gasteiger partial charge in [0.05, 0.1) is 0 Å². The van der Waals surface area contributed by atoms with Gasteiger partial charge in [-0.3, -0.25) is 0 Å². The fourth-order valence-corrected chi connectivity index (χ4v) is 0.577. The van der Waals surface area contributed by atoms with Crippen molar-refractivity contribution >= 4 is 0 Å². The largest absolute Gasteiger partial charge is 0.106 e. The molecule has 0 heteroatoms. The molecule has 0 aliphatic carbocycles. The van der Waals surface area contributed by atoms with Gasteiger partial charge in [-0.15, -0.1) is 13.2 Å². The van der Waals surface area contributed by atoms with Crippen molar-refractivity contribution in [1.82, 2.24) is 0 Å². The summed E-state index contributed by atoms with van der Waals surface area (Å²) in [7, 11) is 0. The minimum atomic E-state index is 0.833. The molecule has 0 fully saturated rings. The van der Waals surface area contributed by atoms with Crippen molar-refractivity contribution in [1.29, 1.82) is 0 Å². The first-order valence-electron chi connectivity index (χ1n) is 6.00. The van der Waals surface area contributed by atoms with E-state index in [0.29, 0.717) is 0 Å². The van der Waals surface area contributed by atoms with E-state index in [4.69, 9.17) is 0 Å². The fraction of sp³-hybridized carbons (Fsp3) is 0.857. The number of hydrogen-bond donors (Lipinski definition) is 0. The average Bonchev–Trinajstić information content (AvgIpc) is 2.10. The first-order chi connectivity index (χ1) is 6.50. The van der Waals surface area contributed by atoms with Gasteiger partial charge in [0.1, 0.15) is 0 Å². The number of hydrogen-bond acceptors (Lipinski definition) is 0. The Morgan fingerprint density at radius 2 is 1.07 bits per heavy atom. The highest BCUT2D eigenvalue weighted by atomic mass is 13.9. The van der Waals surface area contributed by atoms with E-state index in [0.717, 1.165) is 11.8 Å². The molecule has 0 N–H and O–H groups in total. The normalized spacial score (nSPS) is 7.57. The predicted molar refractivity (Wildman–Crippen MR) is 72.9 cm³/mol. The Labute approximate surface area is 93.8 Å². The van der Waals surface area contributed by atoms with Crippen LogP contribution in [-0.4, -0.2) is 0 Å². The Bertz CT molecular complexity index is 50.3. The van der Waals surface area contributed by atoms with E-state index in [1.54, 1.807) is 0 Å². The van der Waals surface area contributed by atoms with Gasteiger partial charge in [-0.2, -0.15) is 0 Å². The summed E-state index contributed by atoms with van der Waals surface area (Å²) in [6, 6.07) is 0. The molecule has 0 nitrogen and oxygen atoms in total. The summed E-state index contributed by atoms with van der Waals surface area (Å²) in [5, 5.41) is 0. The monoisotopic (exact) mass is 202 g/mol. The van der Waals surface area contributed by atoms with Gasteiger partial charge in [-0.25, -0.2) is 0 Å². The van der Waals surface area contributed by atoms with Crippen LogP contribution < -0.4 is 0 Å². The quantitative estimate of drug-likeness (QED) is 0.487. The minimum absolute atomic E-state index is 0.833. The van der Waals surface area contributed by atoms with Crippen molar-refractivity contribution in [3.63, 3.8) is 0 Å². The van der Waals surface area contributed by atoms with Gasteiger partial charge in [-0.1, -0.05) is 68.2 Å². The lowest BCUT2D eigenvalue weighted by Gasteiger charge is -1.95. The molecule has 0 saturated heterocycles. The summed E-state index contributed by atoms with van der Waals surface area (Å²) in [5.41, 5.74) is 0. The van der Waals surface area contributed by atoms with E-state index in [-0.39, 0.29) is 0 Å². The van der Waals surface area contributed by atoms with E-state index in [1.807, 2.05) is 13.8 Å². The third-order valence-corrected chi connectivity index (χ3v) is 0.866. The number of rotatable bonds is 2. The van der Waals surface area contributed by atoms with Crippen LogP contribution in [0.25, 0.3) is 0 Å². The summed E-state index contributed by atoms with van der Waals surface area (Å²) in [6.07, 6.45) is 2.71. The molecular weight excluding hydrogens is 168 g/mol. The van der Waals surface area contributed by atoms with Crippen molar-refractivity contribution in [2.75, 3.05) is 0 Å². The summed E-state index contributed by atoms with van der Waals surface area (Å²) < 4.78 is 0. The lowest BCUT2D eigenvalue weighted by atomic mass is 10.1. The zero-order valence-corrected chi connectivity index (χ0v) is 12.0. The molecule has 0 unspecified atom stereocenters. The highest BCUT2D eigenvalue weighted by Crippen LogP contribution is 2.00. The molecule has 0 heterocycles. The smallest absolute Gasteiger partial charge is 0.0471 e. The van der Waals surface area contributed by atoms with Crippen molar-refractivity contribution in [3.8, 4) is 0 Å². The van der Waals surface area contributed by atoms with Gasteiger partial charge in [0.25, 0.3) is 0 Å². The van der Waals surface area contributed by atoms with Crippen LogP contribution in [0.2, 0.25) is 0 Å². The summed E-state index contributed by atoms with van der Waals surface area (Å²) in [5.74, 6) is 1.73. The Morgan fingerprint density at radius 1 is 0.857 bits per heavy atom. The molecule has 0 amide bonds. The van der Waals surface area contributed by atoms with Gasteiger partial charge >= 0.3 is 0 Å². The van der Waals surface area contributed by atoms with E-state index in [2.05, 4.69) is 54.7 Å². The van der Waals surface area contributed by atoms with Gasteiger partial charge < -0.3 is 0 Å². The molecule has 0 aliphatic heterocycles.